The fraction of sp³-hybridized carbons (Fsp3) is 0.273. The van der Waals surface area contributed by atoms with Gasteiger partial charge in [-0.3, -0.25) is 0 Å². The highest BCUT2D eigenvalue weighted by molar-refractivity contribution is 6.30. The van der Waals surface area contributed by atoms with Crippen molar-refractivity contribution in [1.29, 1.82) is 0 Å². The lowest BCUT2D eigenvalue weighted by atomic mass is 10.1. The Morgan fingerprint density at radius 1 is 1.57 bits per heavy atom. The van der Waals surface area contributed by atoms with E-state index in [-0.39, 0.29) is 10.8 Å². The second-order valence-corrected chi connectivity index (χ2v) is 3.60. The maximum atomic E-state index is 13.0. The quantitative estimate of drug-likeness (QED) is 0.814. The highest BCUT2D eigenvalue weighted by Crippen LogP contribution is 2.17. The summed E-state index contributed by atoms with van der Waals surface area (Å²) < 4.78 is 13.0. The molecule has 14 heavy (non-hydrogen) atoms. The molecule has 0 spiro atoms. The smallest absolute Gasteiger partial charge is 0.142 e. The number of rotatable bonds is 3. The van der Waals surface area contributed by atoms with Crippen LogP contribution in [0.2, 0.25) is 5.02 Å². The van der Waals surface area contributed by atoms with Gasteiger partial charge in [-0.05, 0) is 31.7 Å². The molecule has 0 amide bonds. The second kappa shape index (κ2) is 5.13. The summed E-state index contributed by atoms with van der Waals surface area (Å²) in [6.45, 7) is 2.78. The van der Waals surface area contributed by atoms with Gasteiger partial charge in [0, 0.05) is 6.54 Å². The van der Waals surface area contributed by atoms with E-state index in [4.69, 9.17) is 11.6 Å². The molecule has 0 bridgehead atoms. The first kappa shape index (κ1) is 11.2. The average Bonchev–Trinajstić information content (AvgIpc) is 2.12. The molecule has 0 fully saturated rings. The van der Waals surface area contributed by atoms with Crippen molar-refractivity contribution in [1.82, 2.24) is 5.32 Å². The molecule has 0 aliphatic heterocycles. The summed E-state index contributed by atoms with van der Waals surface area (Å²) in [7, 11) is 1.87. The number of halogens is 2. The van der Waals surface area contributed by atoms with E-state index < -0.39 is 0 Å². The van der Waals surface area contributed by atoms with E-state index in [2.05, 4.69) is 5.32 Å². The molecule has 1 aromatic rings. The van der Waals surface area contributed by atoms with E-state index in [1.807, 2.05) is 20.0 Å². The molecule has 0 saturated heterocycles. The van der Waals surface area contributed by atoms with Gasteiger partial charge in [-0.2, -0.15) is 0 Å². The van der Waals surface area contributed by atoms with Crippen molar-refractivity contribution in [3.8, 4) is 0 Å². The lowest BCUT2D eigenvalue weighted by molar-refractivity contribution is 0.628. The van der Waals surface area contributed by atoms with Crippen LogP contribution in [0.4, 0.5) is 4.39 Å². The minimum atomic E-state index is -0.377. The topological polar surface area (TPSA) is 12.0 Å². The molecule has 76 valence electrons. The van der Waals surface area contributed by atoms with Gasteiger partial charge in [0.1, 0.15) is 5.82 Å². The SMILES string of the molecule is CNC/C(C)=C/c1ccc(Cl)c(F)c1. The number of nitrogens with one attached hydrogen (secondary N) is 1. The molecule has 0 aliphatic rings. The normalized spacial score (nSPS) is 11.9. The summed E-state index contributed by atoms with van der Waals surface area (Å²) in [5.41, 5.74) is 1.98. The minimum absolute atomic E-state index is 0.161. The minimum Gasteiger partial charge on any atom is -0.316 e. The summed E-state index contributed by atoms with van der Waals surface area (Å²) in [6, 6.07) is 4.79. The Morgan fingerprint density at radius 3 is 2.86 bits per heavy atom. The standard InChI is InChI=1S/C11H13ClFN/c1-8(7-14-2)5-9-3-4-10(12)11(13)6-9/h3-6,14H,7H2,1-2H3/b8-5+. The zero-order valence-electron chi connectivity index (χ0n) is 8.27. The van der Waals surface area contributed by atoms with Gasteiger partial charge in [-0.1, -0.05) is 29.3 Å². The van der Waals surface area contributed by atoms with Crippen LogP contribution < -0.4 is 5.32 Å². The predicted octanol–water partition coefficient (Wildman–Crippen LogP) is 3.10. The number of hydrogen-bond acceptors (Lipinski definition) is 1. The number of likely N-dealkylation sites (N-methyl/N-ethyl adjacent to an activating group) is 1. The van der Waals surface area contributed by atoms with Crippen LogP contribution in [0.1, 0.15) is 12.5 Å². The summed E-state index contributed by atoms with van der Waals surface area (Å²) in [6.07, 6.45) is 1.93. The highest BCUT2D eigenvalue weighted by atomic mass is 35.5. The van der Waals surface area contributed by atoms with Gasteiger partial charge < -0.3 is 5.32 Å². The zero-order valence-corrected chi connectivity index (χ0v) is 9.03. The summed E-state index contributed by atoms with van der Waals surface area (Å²) in [4.78, 5) is 0. The van der Waals surface area contributed by atoms with E-state index in [1.54, 1.807) is 12.1 Å². The lowest BCUT2D eigenvalue weighted by Crippen LogP contribution is -2.08. The van der Waals surface area contributed by atoms with E-state index in [0.29, 0.717) is 0 Å². The molecule has 3 heteroatoms. The molecule has 1 nitrogen and oxygen atoms in total. The Kier molecular flexibility index (Phi) is 4.11. The van der Waals surface area contributed by atoms with Crippen LogP contribution in [-0.2, 0) is 0 Å². The summed E-state index contributed by atoms with van der Waals surface area (Å²) in [5.74, 6) is -0.377. The number of hydrogen-bond donors (Lipinski definition) is 1. The van der Waals surface area contributed by atoms with Crippen molar-refractivity contribution in [2.75, 3.05) is 13.6 Å². The van der Waals surface area contributed by atoms with Gasteiger partial charge in [0.25, 0.3) is 0 Å². The first-order valence-corrected chi connectivity index (χ1v) is 4.78. The van der Waals surface area contributed by atoms with Crippen molar-refractivity contribution in [3.05, 3.63) is 40.2 Å². The van der Waals surface area contributed by atoms with Crippen LogP contribution in [0.5, 0.6) is 0 Å². The van der Waals surface area contributed by atoms with Crippen molar-refractivity contribution in [2.45, 2.75) is 6.92 Å². The third-order valence-corrected chi connectivity index (χ3v) is 2.12. The van der Waals surface area contributed by atoms with Crippen molar-refractivity contribution >= 4 is 17.7 Å². The molecule has 1 N–H and O–H groups in total. The van der Waals surface area contributed by atoms with Gasteiger partial charge in [0.2, 0.25) is 0 Å². The fourth-order valence-electron chi connectivity index (χ4n) is 1.22. The zero-order chi connectivity index (χ0) is 10.6. The summed E-state index contributed by atoms with van der Waals surface area (Å²) >= 11 is 5.57. The third-order valence-electron chi connectivity index (χ3n) is 1.81. The Balaban J connectivity index is 2.87. The van der Waals surface area contributed by atoms with Crippen molar-refractivity contribution < 1.29 is 4.39 Å². The fourth-order valence-corrected chi connectivity index (χ4v) is 1.33. The van der Waals surface area contributed by atoms with E-state index in [1.165, 1.54) is 6.07 Å². The largest absolute Gasteiger partial charge is 0.316 e. The van der Waals surface area contributed by atoms with E-state index in [0.717, 1.165) is 17.7 Å². The Morgan fingerprint density at radius 2 is 2.29 bits per heavy atom. The molecule has 1 aromatic carbocycles. The maximum absolute atomic E-state index is 13.0. The van der Waals surface area contributed by atoms with E-state index >= 15 is 0 Å². The Hall–Kier alpha value is -0.860. The van der Waals surface area contributed by atoms with Gasteiger partial charge in [-0.25, -0.2) is 4.39 Å². The van der Waals surface area contributed by atoms with Crippen molar-refractivity contribution in [3.63, 3.8) is 0 Å². The first-order chi connectivity index (χ1) is 6.63. The Bertz CT molecular complexity index is 347. The molecule has 0 heterocycles. The molecule has 0 atom stereocenters. The van der Waals surface area contributed by atoms with Gasteiger partial charge in [-0.15, -0.1) is 0 Å². The van der Waals surface area contributed by atoms with Crippen LogP contribution >= 0.6 is 11.6 Å². The van der Waals surface area contributed by atoms with Crippen LogP contribution in [0, 0.1) is 5.82 Å². The molecule has 0 aromatic heterocycles. The van der Waals surface area contributed by atoms with Gasteiger partial charge >= 0.3 is 0 Å². The summed E-state index contributed by atoms with van der Waals surface area (Å²) in [5, 5.41) is 3.19. The monoisotopic (exact) mass is 213 g/mol. The van der Waals surface area contributed by atoms with Crippen LogP contribution in [0.25, 0.3) is 6.08 Å². The van der Waals surface area contributed by atoms with Gasteiger partial charge in [0.05, 0.1) is 5.02 Å². The predicted molar refractivity (Wildman–Crippen MR) is 59.0 cm³/mol. The molecule has 1 rings (SSSR count). The molecule has 0 saturated carbocycles. The second-order valence-electron chi connectivity index (χ2n) is 3.19. The van der Waals surface area contributed by atoms with Crippen LogP contribution in [-0.4, -0.2) is 13.6 Å². The third kappa shape index (κ3) is 3.13. The molecular formula is C11H13ClFN. The average molecular weight is 214 g/mol. The number of benzene rings is 1. The van der Waals surface area contributed by atoms with Crippen LogP contribution in [0.15, 0.2) is 23.8 Å². The van der Waals surface area contributed by atoms with Crippen LogP contribution in [0.3, 0.4) is 0 Å². The van der Waals surface area contributed by atoms with Crippen molar-refractivity contribution in [2.24, 2.45) is 0 Å². The molecule has 0 aliphatic carbocycles. The van der Waals surface area contributed by atoms with Gasteiger partial charge in [0.15, 0.2) is 0 Å². The molecule has 0 unspecified atom stereocenters. The molecular weight excluding hydrogens is 201 g/mol. The Labute approximate surface area is 88.6 Å². The lowest BCUT2D eigenvalue weighted by Gasteiger charge is -2.01. The molecule has 0 radical (unpaired) electrons. The first-order valence-electron chi connectivity index (χ1n) is 4.40. The highest BCUT2D eigenvalue weighted by Gasteiger charge is 1.99. The maximum Gasteiger partial charge on any atom is 0.142 e. The van der Waals surface area contributed by atoms with E-state index in [9.17, 15) is 4.39 Å².